The van der Waals surface area contributed by atoms with Crippen molar-refractivity contribution >= 4 is 28.1 Å². The summed E-state index contributed by atoms with van der Waals surface area (Å²) in [6.07, 6.45) is 1.72. The predicted molar refractivity (Wildman–Crippen MR) is 83.1 cm³/mol. The summed E-state index contributed by atoms with van der Waals surface area (Å²) >= 11 is 1.35. The zero-order valence-corrected chi connectivity index (χ0v) is 12.1. The Labute approximate surface area is 125 Å². The Hall–Kier alpha value is -2.67. The maximum absolute atomic E-state index is 12.0. The van der Waals surface area contributed by atoms with Crippen molar-refractivity contribution in [1.82, 2.24) is 14.8 Å². The molecule has 21 heavy (non-hydrogen) atoms. The van der Waals surface area contributed by atoms with Crippen molar-refractivity contribution in [3.63, 3.8) is 0 Å². The van der Waals surface area contributed by atoms with Gasteiger partial charge in [0.1, 0.15) is 0 Å². The van der Waals surface area contributed by atoms with Crippen LogP contribution in [0.2, 0.25) is 0 Å². The van der Waals surface area contributed by atoms with Gasteiger partial charge in [0.25, 0.3) is 5.91 Å². The standard InChI is InChI=1S/C14H13N5OS/c1-19-7-6-11(18-19)13(20)17-14-16-12(8-21-14)9-4-2-3-5-10(9)15/h2-8H,15H2,1H3,(H,16,17,20). The first-order chi connectivity index (χ1) is 10.1. The Morgan fingerprint density at radius 3 is 2.86 bits per heavy atom. The number of amides is 1. The molecule has 2 heterocycles. The Morgan fingerprint density at radius 1 is 1.33 bits per heavy atom. The summed E-state index contributed by atoms with van der Waals surface area (Å²) in [7, 11) is 1.76. The SMILES string of the molecule is Cn1ccc(C(=O)Nc2nc(-c3ccccc3N)cs2)n1. The van der Waals surface area contributed by atoms with Crippen LogP contribution in [-0.2, 0) is 7.05 Å². The maximum Gasteiger partial charge on any atom is 0.277 e. The summed E-state index contributed by atoms with van der Waals surface area (Å²) in [4.78, 5) is 16.4. The van der Waals surface area contributed by atoms with E-state index in [1.165, 1.54) is 11.3 Å². The predicted octanol–water partition coefficient (Wildman–Crippen LogP) is 2.38. The molecule has 6 nitrogen and oxygen atoms in total. The second-order valence-corrected chi connectivity index (χ2v) is 5.31. The van der Waals surface area contributed by atoms with Crippen molar-refractivity contribution in [1.29, 1.82) is 0 Å². The number of carbonyl (C=O) groups is 1. The summed E-state index contributed by atoms with van der Waals surface area (Å²) in [5, 5.41) is 9.16. The quantitative estimate of drug-likeness (QED) is 0.727. The molecule has 7 heteroatoms. The molecule has 0 aliphatic heterocycles. The normalized spacial score (nSPS) is 10.5. The molecule has 0 saturated carbocycles. The number of aryl methyl sites for hydroxylation is 1. The number of nitrogen functional groups attached to an aromatic ring is 1. The lowest BCUT2D eigenvalue weighted by atomic mass is 10.1. The van der Waals surface area contributed by atoms with Gasteiger partial charge in [-0.25, -0.2) is 4.98 Å². The Kier molecular flexibility index (Phi) is 3.41. The van der Waals surface area contributed by atoms with Gasteiger partial charge in [-0.3, -0.25) is 14.8 Å². The van der Waals surface area contributed by atoms with Crippen LogP contribution in [0.1, 0.15) is 10.5 Å². The van der Waals surface area contributed by atoms with E-state index < -0.39 is 0 Å². The van der Waals surface area contributed by atoms with Gasteiger partial charge in [-0.2, -0.15) is 5.10 Å². The van der Waals surface area contributed by atoms with E-state index in [4.69, 9.17) is 5.73 Å². The highest BCUT2D eigenvalue weighted by Gasteiger charge is 2.12. The monoisotopic (exact) mass is 299 g/mol. The Morgan fingerprint density at radius 2 is 2.14 bits per heavy atom. The number of thiazole rings is 1. The van der Waals surface area contributed by atoms with Crippen molar-refractivity contribution < 1.29 is 4.79 Å². The summed E-state index contributed by atoms with van der Waals surface area (Å²) in [6, 6.07) is 9.14. The summed E-state index contributed by atoms with van der Waals surface area (Å²) in [6.45, 7) is 0. The summed E-state index contributed by atoms with van der Waals surface area (Å²) in [5.74, 6) is -0.280. The largest absolute Gasteiger partial charge is 0.398 e. The van der Waals surface area contributed by atoms with Gasteiger partial charge in [0.05, 0.1) is 5.69 Å². The molecule has 3 N–H and O–H groups in total. The first kappa shape index (κ1) is 13.3. The number of hydrogen-bond donors (Lipinski definition) is 2. The van der Waals surface area contributed by atoms with Gasteiger partial charge in [-0.05, 0) is 12.1 Å². The highest BCUT2D eigenvalue weighted by atomic mass is 32.1. The van der Waals surface area contributed by atoms with Gasteiger partial charge in [0.15, 0.2) is 10.8 Å². The summed E-state index contributed by atoms with van der Waals surface area (Å²) < 4.78 is 1.58. The van der Waals surface area contributed by atoms with Crippen molar-refractivity contribution in [3.05, 3.63) is 47.6 Å². The third-order valence-corrected chi connectivity index (χ3v) is 3.67. The van der Waals surface area contributed by atoms with Gasteiger partial charge >= 0.3 is 0 Å². The fraction of sp³-hybridized carbons (Fsp3) is 0.0714. The molecule has 3 rings (SSSR count). The average Bonchev–Trinajstić information content (AvgIpc) is 3.08. The third kappa shape index (κ3) is 2.77. The van der Waals surface area contributed by atoms with Crippen LogP contribution in [0.5, 0.6) is 0 Å². The van der Waals surface area contributed by atoms with E-state index in [2.05, 4.69) is 15.4 Å². The zero-order chi connectivity index (χ0) is 14.8. The second-order valence-electron chi connectivity index (χ2n) is 4.45. The molecule has 0 unspecified atom stereocenters. The smallest absolute Gasteiger partial charge is 0.277 e. The second kappa shape index (κ2) is 5.37. The molecule has 0 spiro atoms. The van der Waals surface area contributed by atoms with Crippen molar-refractivity contribution in [2.24, 2.45) is 7.05 Å². The number of hydrogen-bond acceptors (Lipinski definition) is 5. The molecular formula is C14H13N5OS. The number of aromatic nitrogens is 3. The van der Waals surface area contributed by atoms with Crippen LogP contribution in [0.4, 0.5) is 10.8 Å². The zero-order valence-electron chi connectivity index (χ0n) is 11.3. The van der Waals surface area contributed by atoms with Crippen molar-refractivity contribution in [2.75, 3.05) is 11.1 Å². The van der Waals surface area contributed by atoms with Gasteiger partial charge in [0, 0.05) is 29.9 Å². The van der Waals surface area contributed by atoms with Crippen LogP contribution >= 0.6 is 11.3 Å². The number of nitrogens with two attached hydrogens (primary N) is 1. The lowest BCUT2D eigenvalue weighted by molar-refractivity contribution is 0.102. The number of nitrogens with one attached hydrogen (secondary N) is 1. The molecule has 0 aliphatic carbocycles. The lowest BCUT2D eigenvalue weighted by Gasteiger charge is -2.01. The van der Waals surface area contributed by atoms with Gasteiger partial charge < -0.3 is 5.73 Å². The van der Waals surface area contributed by atoms with E-state index >= 15 is 0 Å². The van der Waals surface area contributed by atoms with Crippen LogP contribution in [0.3, 0.4) is 0 Å². The lowest BCUT2D eigenvalue weighted by Crippen LogP contribution is -2.12. The number of benzene rings is 1. The van der Waals surface area contributed by atoms with E-state index in [-0.39, 0.29) is 5.91 Å². The van der Waals surface area contributed by atoms with Crippen molar-refractivity contribution in [2.45, 2.75) is 0 Å². The molecule has 1 aromatic carbocycles. The highest BCUT2D eigenvalue weighted by molar-refractivity contribution is 7.14. The molecule has 106 valence electrons. The molecule has 0 radical (unpaired) electrons. The van der Waals surface area contributed by atoms with Crippen LogP contribution in [0.25, 0.3) is 11.3 Å². The highest BCUT2D eigenvalue weighted by Crippen LogP contribution is 2.28. The number of rotatable bonds is 3. The first-order valence-electron chi connectivity index (χ1n) is 6.25. The minimum atomic E-state index is -0.280. The minimum Gasteiger partial charge on any atom is -0.398 e. The number of carbonyl (C=O) groups excluding carboxylic acids is 1. The van der Waals surface area contributed by atoms with E-state index in [1.54, 1.807) is 24.0 Å². The number of para-hydroxylation sites is 1. The van der Waals surface area contributed by atoms with E-state index in [1.807, 2.05) is 29.6 Å². The Bertz CT molecular complexity index is 792. The Balaban J connectivity index is 1.80. The van der Waals surface area contributed by atoms with Gasteiger partial charge in [-0.1, -0.05) is 18.2 Å². The molecule has 1 amide bonds. The molecule has 0 saturated heterocycles. The third-order valence-electron chi connectivity index (χ3n) is 2.91. The van der Waals surface area contributed by atoms with Crippen LogP contribution in [-0.4, -0.2) is 20.7 Å². The fourth-order valence-electron chi connectivity index (χ4n) is 1.88. The maximum atomic E-state index is 12.0. The van der Waals surface area contributed by atoms with E-state index in [9.17, 15) is 4.79 Å². The fourth-order valence-corrected chi connectivity index (χ4v) is 2.59. The van der Waals surface area contributed by atoms with Crippen LogP contribution in [0, 0.1) is 0 Å². The molecule has 2 aromatic heterocycles. The minimum absolute atomic E-state index is 0.280. The average molecular weight is 299 g/mol. The van der Waals surface area contributed by atoms with E-state index in [0.717, 1.165) is 11.3 Å². The first-order valence-corrected chi connectivity index (χ1v) is 7.13. The molecule has 0 aliphatic rings. The molecule has 0 atom stereocenters. The number of nitrogens with zero attached hydrogens (tertiary/aromatic N) is 3. The van der Waals surface area contributed by atoms with Crippen LogP contribution < -0.4 is 11.1 Å². The molecular weight excluding hydrogens is 286 g/mol. The summed E-state index contributed by atoms with van der Waals surface area (Å²) in [5.41, 5.74) is 8.53. The molecule has 0 bridgehead atoms. The van der Waals surface area contributed by atoms with Gasteiger partial charge in [0.2, 0.25) is 0 Å². The molecule has 3 aromatic rings. The number of anilines is 2. The van der Waals surface area contributed by atoms with Gasteiger partial charge in [-0.15, -0.1) is 11.3 Å². The van der Waals surface area contributed by atoms with Crippen molar-refractivity contribution in [3.8, 4) is 11.3 Å². The van der Waals surface area contributed by atoms with Crippen LogP contribution in [0.15, 0.2) is 41.9 Å². The topological polar surface area (TPSA) is 85.8 Å². The van der Waals surface area contributed by atoms with E-state index in [0.29, 0.717) is 16.5 Å². The molecule has 0 fully saturated rings.